The number of aromatic nitrogens is 2. The highest BCUT2D eigenvalue weighted by atomic mass is 79.9. The molecule has 1 atom stereocenters. The van der Waals surface area contributed by atoms with Gasteiger partial charge in [0, 0.05) is 6.54 Å². The lowest BCUT2D eigenvalue weighted by Crippen LogP contribution is -2.31. The summed E-state index contributed by atoms with van der Waals surface area (Å²) in [6.07, 6.45) is 2.07. The lowest BCUT2D eigenvalue weighted by atomic mass is 9.90. The van der Waals surface area contributed by atoms with Crippen molar-refractivity contribution >= 4 is 15.9 Å². The summed E-state index contributed by atoms with van der Waals surface area (Å²) in [6, 6.07) is 0. The number of nitrogens with zero attached hydrogens (tertiary/aromatic N) is 2. The fourth-order valence-corrected chi connectivity index (χ4v) is 3.29. The van der Waals surface area contributed by atoms with Crippen molar-refractivity contribution in [2.24, 2.45) is 17.8 Å². The summed E-state index contributed by atoms with van der Waals surface area (Å²) >= 11 is 3.77. The van der Waals surface area contributed by atoms with Crippen LogP contribution in [0.4, 0.5) is 0 Å². The molecule has 1 N–H and O–H groups in total. The molecule has 0 fully saturated rings. The Kier molecular flexibility index (Phi) is 7.96. The van der Waals surface area contributed by atoms with E-state index in [9.17, 15) is 0 Å². The predicted octanol–water partition coefficient (Wildman–Crippen LogP) is 4.29. The zero-order valence-electron chi connectivity index (χ0n) is 14.5. The molecule has 1 aromatic rings. The van der Waals surface area contributed by atoms with Gasteiger partial charge in [0.2, 0.25) is 0 Å². The Balaban J connectivity index is 2.81. The van der Waals surface area contributed by atoms with Gasteiger partial charge in [-0.05, 0) is 66.5 Å². The molecule has 0 spiro atoms. The van der Waals surface area contributed by atoms with Gasteiger partial charge in [-0.2, -0.15) is 5.10 Å². The van der Waals surface area contributed by atoms with Gasteiger partial charge >= 0.3 is 0 Å². The Morgan fingerprint density at radius 3 is 2.29 bits per heavy atom. The maximum absolute atomic E-state index is 4.72. The third kappa shape index (κ3) is 5.41. The standard InChI is InChI=1S/C17H32BrN3/c1-7-15-17(18)16(21(8-2)20-15)9-14(13(5)6)11-19-10-12(3)4/h12-14,19H,7-11H2,1-6H3. The number of hydrogen-bond donors (Lipinski definition) is 1. The second-order valence-electron chi connectivity index (χ2n) is 6.64. The van der Waals surface area contributed by atoms with Crippen molar-refractivity contribution in [2.45, 2.75) is 60.9 Å². The van der Waals surface area contributed by atoms with E-state index in [1.54, 1.807) is 0 Å². The van der Waals surface area contributed by atoms with Crippen molar-refractivity contribution in [1.29, 1.82) is 0 Å². The number of rotatable bonds is 9. The van der Waals surface area contributed by atoms with Crippen molar-refractivity contribution in [3.63, 3.8) is 0 Å². The Morgan fingerprint density at radius 2 is 1.81 bits per heavy atom. The molecule has 0 aliphatic carbocycles. The van der Waals surface area contributed by atoms with Crippen LogP contribution in [-0.2, 0) is 19.4 Å². The van der Waals surface area contributed by atoms with Gasteiger partial charge in [-0.1, -0.05) is 34.6 Å². The second kappa shape index (κ2) is 8.94. The lowest BCUT2D eigenvalue weighted by molar-refractivity contribution is 0.344. The average molecular weight is 358 g/mol. The molecule has 0 aromatic carbocycles. The topological polar surface area (TPSA) is 29.9 Å². The van der Waals surface area contributed by atoms with E-state index in [1.807, 2.05) is 0 Å². The first-order valence-corrected chi connectivity index (χ1v) is 9.14. The summed E-state index contributed by atoms with van der Waals surface area (Å²) in [5, 5.41) is 8.34. The molecule has 0 amide bonds. The Hall–Kier alpha value is -0.350. The molecule has 4 heteroatoms. The monoisotopic (exact) mass is 357 g/mol. The largest absolute Gasteiger partial charge is 0.316 e. The van der Waals surface area contributed by atoms with Crippen molar-refractivity contribution in [2.75, 3.05) is 13.1 Å². The molecule has 1 rings (SSSR count). The smallest absolute Gasteiger partial charge is 0.0766 e. The second-order valence-corrected chi connectivity index (χ2v) is 7.43. The van der Waals surface area contributed by atoms with Crippen molar-refractivity contribution in [1.82, 2.24) is 15.1 Å². The third-order valence-corrected chi connectivity index (χ3v) is 4.97. The SMILES string of the molecule is CCc1nn(CC)c(CC(CNCC(C)C)C(C)C)c1Br. The summed E-state index contributed by atoms with van der Waals surface area (Å²) in [7, 11) is 0. The fourth-order valence-electron chi connectivity index (χ4n) is 2.56. The predicted molar refractivity (Wildman–Crippen MR) is 94.7 cm³/mol. The molecule has 3 nitrogen and oxygen atoms in total. The van der Waals surface area contributed by atoms with Crippen LogP contribution in [0.5, 0.6) is 0 Å². The first kappa shape index (κ1) is 18.7. The molecule has 21 heavy (non-hydrogen) atoms. The van der Waals surface area contributed by atoms with Crippen LogP contribution in [0, 0.1) is 17.8 Å². The van der Waals surface area contributed by atoms with Crippen LogP contribution in [0.3, 0.4) is 0 Å². The Bertz CT molecular complexity index is 424. The van der Waals surface area contributed by atoms with Crippen molar-refractivity contribution < 1.29 is 0 Å². The molecule has 122 valence electrons. The highest BCUT2D eigenvalue weighted by Gasteiger charge is 2.20. The summed E-state index contributed by atoms with van der Waals surface area (Å²) in [5.41, 5.74) is 2.55. The summed E-state index contributed by atoms with van der Waals surface area (Å²) < 4.78 is 3.39. The lowest BCUT2D eigenvalue weighted by Gasteiger charge is -2.22. The Labute approximate surface area is 139 Å². The molecule has 0 aliphatic rings. The van der Waals surface area contributed by atoms with Gasteiger partial charge in [0.05, 0.1) is 15.9 Å². The number of hydrogen-bond acceptors (Lipinski definition) is 2. The van der Waals surface area contributed by atoms with E-state index < -0.39 is 0 Å². The molecule has 1 heterocycles. The van der Waals surface area contributed by atoms with Crippen LogP contribution in [-0.4, -0.2) is 22.9 Å². The van der Waals surface area contributed by atoms with Crippen LogP contribution < -0.4 is 5.32 Å². The number of halogens is 1. The first-order chi connectivity index (χ1) is 9.90. The van der Waals surface area contributed by atoms with Crippen LogP contribution in [0.2, 0.25) is 0 Å². The average Bonchev–Trinajstić information content (AvgIpc) is 2.73. The summed E-state index contributed by atoms with van der Waals surface area (Å²) in [6.45, 7) is 16.6. The normalized spacial score (nSPS) is 13.4. The van der Waals surface area contributed by atoms with E-state index in [2.05, 4.69) is 67.5 Å². The minimum absolute atomic E-state index is 0.645. The van der Waals surface area contributed by atoms with Gasteiger partial charge in [-0.25, -0.2) is 0 Å². The highest BCUT2D eigenvalue weighted by Crippen LogP contribution is 2.27. The summed E-state index contributed by atoms with van der Waals surface area (Å²) in [5.74, 6) is 2.02. The van der Waals surface area contributed by atoms with Crippen LogP contribution in [0.1, 0.15) is 52.9 Å². The Morgan fingerprint density at radius 1 is 1.14 bits per heavy atom. The quantitative estimate of drug-likeness (QED) is 0.714. The fraction of sp³-hybridized carbons (Fsp3) is 0.824. The van der Waals surface area contributed by atoms with Crippen molar-refractivity contribution in [3.05, 3.63) is 15.9 Å². The molecular weight excluding hydrogens is 326 g/mol. The van der Waals surface area contributed by atoms with E-state index in [-0.39, 0.29) is 0 Å². The molecular formula is C17H32BrN3. The number of aryl methyl sites for hydroxylation is 2. The van der Waals surface area contributed by atoms with Gasteiger partial charge in [0.1, 0.15) is 0 Å². The van der Waals surface area contributed by atoms with E-state index in [0.717, 1.165) is 32.5 Å². The number of nitrogens with one attached hydrogen (secondary N) is 1. The van der Waals surface area contributed by atoms with Crippen molar-refractivity contribution in [3.8, 4) is 0 Å². The molecule has 0 bridgehead atoms. The molecule has 0 aliphatic heterocycles. The first-order valence-electron chi connectivity index (χ1n) is 8.35. The van der Waals surface area contributed by atoms with Gasteiger partial charge in [0.25, 0.3) is 0 Å². The van der Waals surface area contributed by atoms with Crippen LogP contribution in [0.15, 0.2) is 4.47 Å². The highest BCUT2D eigenvalue weighted by molar-refractivity contribution is 9.10. The maximum atomic E-state index is 4.72. The minimum Gasteiger partial charge on any atom is -0.316 e. The molecule has 0 saturated heterocycles. The zero-order valence-corrected chi connectivity index (χ0v) is 16.1. The van der Waals surface area contributed by atoms with E-state index in [0.29, 0.717) is 17.8 Å². The van der Waals surface area contributed by atoms with E-state index in [4.69, 9.17) is 5.10 Å². The van der Waals surface area contributed by atoms with Crippen LogP contribution in [0.25, 0.3) is 0 Å². The molecule has 0 saturated carbocycles. The van der Waals surface area contributed by atoms with Gasteiger partial charge in [-0.15, -0.1) is 0 Å². The minimum atomic E-state index is 0.645. The maximum Gasteiger partial charge on any atom is 0.0766 e. The molecule has 0 radical (unpaired) electrons. The van der Waals surface area contributed by atoms with Gasteiger partial charge < -0.3 is 5.32 Å². The van der Waals surface area contributed by atoms with E-state index in [1.165, 1.54) is 15.9 Å². The molecule has 1 aromatic heterocycles. The molecule has 1 unspecified atom stereocenters. The van der Waals surface area contributed by atoms with Gasteiger partial charge in [-0.3, -0.25) is 4.68 Å². The summed E-state index contributed by atoms with van der Waals surface area (Å²) in [4.78, 5) is 0. The van der Waals surface area contributed by atoms with Crippen LogP contribution >= 0.6 is 15.9 Å². The van der Waals surface area contributed by atoms with Gasteiger partial charge in [0.15, 0.2) is 0 Å². The van der Waals surface area contributed by atoms with E-state index >= 15 is 0 Å². The third-order valence-electron chi connectivity index (χ3n) is 4.05. The zero-order chi connectivity index (χ0) is 16.0.